The van der Waals surface area contributed by atoms with Gasteiger partial charge in [0.05, 0.1) is 11.4 Å². The molecule has 0 aliphatic heterocycles. The van der Waals surface area contributed by atoms with E-state index in [1.54, 1.807) is 32.0 Å². The maximum absolute atomic E-state index is 12.7. The van der Waals surface area contributed by atoms with Crippen molar-refractivity contribution < 1.29 is 17.7 Å². The maximum atomic E-state index is 12.7. The zero-order valence-corrected chi connectivity index (χ0v) is 17.4. The van der Waals surface area contributed by atoms with Crippen LogP contribution in [0.3, 0.4) is 0 Å². The van der Waals surface area contributed by atoms with Gasteiger partial charge in [0.15, 0.2) is 0 Å². The first-order chi connectivity index (χ1) is 13.7. The number of hydrogen-bond donors (Lipinski definition) is 2. The SMILES string of the molecule is Cc1nc(-c2ccc(C)c(S(=O)(=O)NCC(=O)Nc3ccc(C)c(C)c3)c2)no1. The Bertz CT molecular complexity index is 1170. The number of nitrogens with one attached hydrogen (secondary N) is 2. The summed E-state index contributed by atoms with van der Waals surface area (Å²) in [5.41, 5.74) is 3.80. The average molecular weight is 414 g/mol. The van der Waals surface area contributed by atoms with Gasteiger partial charge in [-0.05, 0) is 55.7 Å². The fourth-order valence-corrected chi connectivity index (χ4v) is 3.96. The van der Waals surface area contributed by atoms with E-state index in [0.717, 1.165) is 11.1 Å². The molecule has 0 aliphatic carbocycles. The molecule has 9 heteroatoms. The van der Waals surface area contributed by atoms with Crippen LogP contribution >= 0.6 is 0 Å². The second-order valence-corrected chi connectivity index (χ2v) is 8.52. The van der Waals surface area contributed by atoms with Crippen molar-refractivity contribution in [2.45, 2.75) is 32.6 Å². The van der Waals surface area contributed by atoms with Gasteiger partial charge in [0, 0.05) is 18.2 Å². The van der Waals surface area contributed by atoms with Crippen molar-refractivity contribution in [2.24, 2.45) is 0 Å². The minimum absolute atomic E-state index is 0.0523. The van der Waals surface area contributed by atoms with Crippen molar-refractivity contribution in [3.8, 4) is 11.4 Å². The molecule has 0 spiro atoms. The lowest BCUT2D eigenvalue weighted by atomic mass is 10.1. The largest absolute Gasteiger partial charge is 0.339 e. The number of aryl methyl sites for hydroxylation is 4. The molecule has 0 atom stereocenters. The molecule has 0 aliphatic rings. The summed E-state index contributed by atoms with van der Waals surface area (Å²) in [7, 11) is -3.91. The molecule has 1 heterocycles. The zero-order valence-electron chi connectivity index (χ0n) is 16.6. The van der Waals surface area contributed by atoms with Gasteiger partial charge in [-0.15, -0.1) is 0 Å². The number of carbonyl (C=O) groups is 1. The number of benzene rings is 2. The van der Waals surface area contributed by atoms with Crippen molar-refractivity contribution >= 4 is 21.6 Å². The minimum atomic E-state index is -3.91. The Hall–Kier alpha value is -3.04. The van der Waals surface area contributed by atoms with Crippen molar-refractivity contribution in [2.75, 3.05) is 11.9 Å². The van der Waals surface area contributed by atoms with Crippen molar-refractivity contribution in [3.63, 3.8) is 0 Å². The van der Waals surface area contributed by atoms with Gasteiger partial charge in [-0.3, -0.25) is 4.79 Å². The summed E-state index contributed by atoms with van der Waals surface area (Å²) in [6.07, 6.45) is 0. The van der Waals surface area contributed by atoms with Gasteiger partial charge < -0.3 is 9.84 Å². The smallest absolute Gasteiger partial charge is 0.241 e. The molecular formula is C20H22N4O4S. The molecule has 0 unspecified atom stereocenters. The van der Waals surface area contributed by atoms with Crippen molar-refractivity contribution in [1.82, 2.24) is 14.9 Å². The van der Waals surface area contributed by atoms with E-state index in [1.165, 1.54) is 6.07 Å². The van der Waals surface area contributed by atoms with Crippen molar-refractivity contribution in [3.05, 3.63) is 59.0 Å². The normalized spacial score (nSPS) is 11.4. The van der Waals surface area contributed by atoms with Gasteiger partial charge in [0.1, 0.15) is 0 Å². The second kappa shape index (κ2) is 8.14. The van der Waals surface area contributed by atoms with Gasteiger partial charge >= 0.3 is 0 Å². The third-order valence-electron chi connectivity index (χ3n) is 4.48. The Labute approximate surface area is 169 Å². The van der Waals surface area contributed by atoms with Crippen LogP contribution in [0.4, 0.5) is 5.69 Å². The summed E-state index contributed by atoms with van der Waals surface area (Å²) in [5, 5.41) is 6.50. The van der Waals surface area contributed by atoms with E-state index in [4.69, 9.17) is 4.52 Å². The van der Waals surface area contributed by atoms with Crippen LogP contribution in [0.5, 0.6) is 0 Å². The highest BCUT2D eigenvalue weighted by Crippen LogP contribution is 2.23. The molecular weight excluding hydrogens is 392 g/mol. The standard InChI is InChI=1S/C20H22N4O4S/c1-12-6-8-17(9-14(12)3)23-19(25)11-21-29(26,27)18-10-16(7-5-13(18)2)20-22-15(4)28-24-20/h5-10,21H,11H2,1-4H3,(H,23,25). The molecule has 0 fully saturated rings. The zero-order chi connectivity index (χ0) is 21.2. The van der Waals surface area contributed by atoms with Gasteiger partial charge in [-0.1, -0.05) is 23.4 Å². The Morgan fingerprint density at radius 1 is 1.00 bits per heavy atom. The topological polar surface area (TPSA) is 114 Å². The molecule has 3 aromatic rings. The van der Waals surface area contributed by atoms with Gasteiger partial charge in [0.2, 0.25) is 27.6 Å². The number of aromatic nitrogens is 2. The monoisotopic (exact) mass is 414 g/mol. The third-order valence-corrected chi connectivity index (χ3v) is 6.02. The van der Waals surface area contributed by atoms with Crippen molar-refractivity contribution in [1.29, 1.82) is 0 Å². The molecule has 0 bridgehead atoms. The Kier molecular flexibility index (Phi) is 5.81. The van der Waals surface area contributed by atoms with Crippen LogP contribution < -0.4 is 10.0 Å². The summed E-state index contributed by atoms with van der Waals surface area (Å²) in [6.45, 7) is 6.85. The molecule has 0 radical (unpaired) electrons. The van der Waals surface area contributed by atoms with E-state index in [2.05, 4.69) is 20.2 Å². The molecule has 8 nitrogen and oxygen atoms in total. The highest BCUT2D eigenvalue weighted by Gasteiger charge is 2.20. The molecule has 2 N–H and O–H groups in total. The predicted molar refractivity (Wildman–Crippen MR) is 109 cm³/mol. The maximum Gasteiger partial charge on any atom is 0.241 e. The molecule has 2 aromatic carbocycles. The molecule has 1 aromatic heterocycles. The molecule has 152 valence electrons. The van der Waals surface area contributed by atoms with Gasteiger partial charge in [-0.25, -0.2) is 13.1 Å². The Balaban J connectivity index is 1.73. The predicted octanol–water partition coefficient (Wildman–Crippen LogP) is 2.89. The van der Waals surface area contributed by atoms with Crippen LogP contribution in [-0.2, 0) is 14.8 Å². The van der Waals surface area contributed by atoms with E-state index in [9.17, 15) is 13.2 Å². The van der Waals surface area contributed by atoms with E-state index in [-0.39, 0.29) is 11.4 Å². The lowest BCUT2D eigenvalue weighted by molar-refractivity contribution is -0.115. The molecule has 1 amide bonds. The van der Waals surface area contributed by atoms with E-state index in [1.807, 2.05) is 26.0 Å². The second-order valence-electron chi connectivity index (χ2n) is 6.79. The summed E-state index contributed by atoms with van der Waals surface area (Å²) in [6, 6.07) is 10.3. The highest BCUT2D eigenvalue weighted by molar-refractivity contribution is 7.89. The third kappa shape index (κ3) is 4.87. The lowest BCUT2D eigenvalue weighted by Crippen LogP contribution is -2.33. The molecule has 0 saturated carbocycles. The number of sulfonamides is 1. The number of amides is 1. The summed E-state index contributed by atoms with van der Waals surface area (Å²) in [5.74, 6) is 0.219. The fourth-order valence-electron chi connectivity index (χ4n) is 2.71. The van der Waals surface area contributed by atoms with Crippen LogP contribution in [0.1, 0.15) is 22.6 Å². The first-order valence-electron chi connectivity index (χ1n) is 8.94. The van der Waals surface area contributed by atoms with Crippen LogP contribution in [0.2, 0.25) is 0 Å². The Morgan fingerprint density at radius 2 is 1.72 bits per heavy atom. The van der Waals surface area contributed by atoms with Gasteiger partial charge in [-0.2, -0.15) is 4.98 Å². The van der Waals surface area contributed by atoms with Gasteiger partial charge in [0.25, 0.3) is 0 Å². The fraction of sp³-hybridized carbons (Fsp3) is 0.250. The molecule has 0 saturated heterocycles. The highest BCUT2D eigenvalue weighted by atomic mass is 32.2. The van der Waals surface area contributed by atoms with Crippen LogP contribution in [-0.4, -0.2) is 31.0 Å². The number of carbonyl (C=O) groups excluding carboxylic acids is 1. The first kappa shape index (κ1) is 20.7. The summed E-state index contributed by atoms with van der Waals surface area (Å²) >= 11 is 0. The minimum Gasteiger partial charge on any atom is -0.339 e. The first-order valence-corrected chi connectivity index (χ1v) is 10.4. The summed E-state index contributed by atoms with van der Waals surface area (Å²) < 4.78 is 32.8. The van der Waals surface area contributed by atoms with E-state index < -0.39 is 15.9 Å². The van der Waals surface area contributed by atoms with E-state index >= 15 is 0 Å². The number of hydrogen-bond acceptors (Lipinski definition) is 6. The molecule has 29 heavy (non-hydrogen) atoms. The van der Waals surface area contributed by atoms with Crippen LogP contribution in [0, 0.1) is 27.7 Å². The van der Waals surface area contributed by atoms with Crippen LogP contribution in [0.25, 0.3) is 11.4 Å². The Morgan fingerprint density at radius 3 is 2.38 bits per heavy atom. The summed E-state index contributed by atoms with van der Waals surface area (Å²) in [4.78, 5) is 16.4. The number of nitrogens with zero attached hydrogens (tertiary/aromatic N) is 2. The van der Waals surface area contributed by atoms with E-state index in [0.29, 0.717) is 28.5 Å². The number of anilines is 1. The van der Waals surface area contributed by atoms with Crippen LogP contribution in [0.15, 0.2) is 45.8 Å². The number of rotatable bonds is 6. The lowest BCUT2D eigenvalue weighted by Gasteiger charge is -2.11. The molecule has 3 rings (SSSR count). The quantitative estimate of drug-likeness (QED) is 0.641. The average Bonchev–Trinajstić information content (AvgIpc) is 3.10.